The van der Waals surface area contributed by atoms with E-state index < -0.39 is 5.60 Å². The van der Waals surface area contributed by atoms with Gasteiger partial charge in [0.15, 0.2) is 5.75 Å². The molecule has 1 heterocycles. The van der Waals surface area contributed by atoms with Crippen LogP contribution >= 0.6 is 0 Å². The molecular formula is C16H21FN2O2. The molecule has 0 aliphatic rings. The summed E-state index contributed by atoms with van der Waals surface area (Å²) in [5, 5.41) is 15.5. The van der Waals surface area contributed by atoms with E-state index in [4.69, 9.17) is 4.74 Å². The van der Waals surface area contributed by atoms with Crippen LogP contribution in [0.3, 0.4) is 0 Å². The van der Waals surface area contributed by atoms with Crippen LogP contribution in [0.25, 0.3) is 0 Å². The molecule has 0 saturated heterocycles. The third-order valence-corrected chi connectivity index (χ3v) is 3.67. The predicted octanol–water partition coefficient (Wildman–Crippen LogP) is 3.09. The van der Waals surface area contributed by atoms with Crippen LogP contribution in [-0.4, -0.2) is 22.0 Å². The Bertz CT molecular complexity index is 612. The van der Waals surface area contributed by atoms with E-state index in [2.05, 4.69) is 5.10 Å². The fourth-order valence-electron chi connectivity index (χ4n) is 2.57. The van der Waals surface area contributed by atoms with E-state index in [1.807, 2.05) is 13.8 Å². The predicted molar refractivity (Wildman–Crippen MR) is 78.8 cm³/mol. The summed E-state index contributed by atoms with van der Waals surface area (Å²) in [4.78, 5) is 0. The van der Waals surface area contributed by atoms with Crippen LogP contribution in [0.15, 0.2) is 30.5 Å². The Morgan fingerprint density at radius 2 is 2.14 bits per heavy atom. The highest BCUT2D eigenvalue weighted by Crippen LogP contribution is 2.38. The van der Waals surface area contributed by atoms with Gasteiger partial charge in [0, 0.05) is 6.54 Å². The van der Waals surface area contributed by atoms with Crippen LogP contribution in [0.1, 0.15) is 37.9 Å². The summed E-state index contributed by atoms with van der Waals surface area (Å²) in [6.07, 6.45) is 2.86. The molecule has 1 N–H and O–H groups in total. The maximum Gasteiger partial charge on any atom is 0.163 e. The van der Waals surface area contributed by atoms with Crippen molar-refractivity contribution in [2.45, 2.75) is 38.8 Å². The average molecular weight is 292 g/mol. The fourth-order valence-corrected chi connectivity index (χ4v) is 2.57. The number of methoxy groups -OCH3 is 1. The third-order valence-electron chi connectivity index (χ3n) is 3.67. The Kier molecular flexibility index (Phi) is 4.63. The quantitative estimate of drug-likeness (QED) is 0.890. The third kappa shape index (κ3) is 2.78. The molecule has 2 aromatic rings. The summed E-state index contributed by atoms with van der Waals surface area (Å²) in [6.45, 7) is 4.55. The molecule has 0 aliphatic heterocycles. The van der Waals surface area contributed by atoms with Crippen LogP contribution in [-0.2, 0) is 12.1 Å². The van der Waals surface area contributed by atoms with E-state index in [0.717, 1.165) is 6.42 Å². The van der Waals surface area contributed by atoms with E-state index in [1.165, 1.54) is 12.1 Å². The molecule has 114 valence electrons. The van der Waals surface area contributed by atoms with Gasteiger partial charge in [-0.05, 0) is 30.5 Å². The Labute approximate surface area is 124 Å². The van der Waals surface area contributed by atoms with Gasteiger partial charge in [0.1, 0.15) is 17.1 Å². The molecule has 1 unspecified atom stereocenters. The molecule has 2 rings (SSSR count). The van der Waals surface area contributed by atoms with E-state index in [0.29, 0.717) is 30.0 Å². The molecule has 1 aromatic carbocycles. The van der Waals surface area contributed by atoms with Crippen molar-refractivity contribution in [1.82, 2.24) is 9.78 Å². The minimum Gasteiger partial charge on any atom is -0.493 e. The van der Waals surface area contributed by atoms with E-state index in [-0.39, 0.29) is 5.82 Å². The van der Waals surface area contributed by atoms with Crippen molar-refractivity contribution < 1.29 is 14.2 Å². The number of benzene rings is 1. The SMILES string of the molecule is CCCn1ncc(OC)c1C(O)(CC)c1cccc(F)c1. The summed E-state index contributed by atoms with van der Waals surface area (Å²) in [7, 11) is 1.54. The molecule has 0 fully saturated rings. The van der Waals surface area contributed by atoms with Crippen LogP contribution in [0.4, 0.5) is 4.39 Å². The van der Waals surface area contributed by atoms with Crippen LogP contribution in [0.2, 0.25) is 0 Å². The van der Waals surface area contributed by atoms with Gasteiger partial charge < -0.3 is 9.84 Å². The highest BCUT2D eigenvalue weighted by molar-refractivity contribution is 5.40. The minimum absolute atomic E-state index is 0.375. The minimum atomic E-state index is -1.33. The van der Waals surface area contributed by atoms with Gasteiger partial charge in [0.2, 0.25) is 0 Å². The summed E-state index contributed by atoms with van der Waals surface area (Å²) in [6, 6.07) is 6.03. The second-order valence-corrected chi connectivity index (χ2v) is 5.01. The molecule has 5 heteroatoms. The van der Waals surface area contributed by atoms with E-state index in [1.54, 1.807) is 30.1 Å². The summed E-state index contributed by atoms with van der Waals surface area (Å²) in [5.74, 6) is 0.136. The first-order chi connectivity index (χ1) is 10.1. The monoisotopic (exact) mass is 292 g/mol. The second-order valence-electron chi connectivity index (χ2n) is 5.01. The lowest BCUT2D eigenvalue weighted by Gasteiger charge is -2.29. The zero-order chi connectivity index (χ0) is 15.5. The first kappa shape index (κ1) is 15.5. The Hall–Kier alpha value is -1.88. The number of aromatic nitrogens is 2. The lowest BCUT2D eigenvalue weighted by Crippen LogP contribution is -2.30. The van der Waals surface area contributed by atoms with Gasteiger partial charge in [0.25, 0.3) is 0 Å². The highest BCUT2D eigenvalue weighted by Gasteiger charge is 2.36. The highest BCUT2D eigenvalue weighted by atomic mass is 19.1. The summed E-state index contributed by atoms with van der Waals surface area (Å²) in [5.41, 5.74) is -0.264. The number of aryl methyl sites for hydroxylation is 1. The molecule has 0 aliphatic carbocycles. The van der Waals surface area contributed by atoms with E-state index >= 15 is 0 Å². The Morgan fingerprint density at radius 1 is 1.38 bits per heavy atom. The molecule has 0 radical (unpaired) electrons. The largest absolute Gasteiger partial charge is 0.493 e. The average Bonchev–Trinajstić information content (AvgIpc) is 2.90. The van der Waals surface area contributed by atoms with Crippen molar-refractivity contribution in [2.75, 3.05) is 7.11 Å². The first-order valence-electron chi connectivity index (χ1n) is 7.15. The number of halogens is 1. The number of hydrogen-bond donors (Lipinski definition) is 1. The second kappa shape index (κ2) is 6.26. The molecule has 0 saturated carbocycles. The molecule has 1 aromatic heterocycles. The first-order valence-corrected chi connectivity index (χ1v) is 7.15. The Morgan fingerprint density at radius 3 is 2.71 bits per heavy atom. The normalized spacial score (nSPS) is 14.0. The topological polar surface area (TPSA) is 47.3 Å². The maximum absolute atomic E-state index is 13.5. The molecular weight excluding hydrogens is 271 g/mol. The molecule has 4 nitrogen and oxygen atoms in total. The number of rotatable bonds is 6. The van der Waals surface area contributed by atoms with Gasteiger partial charge in [-0.3, -0.25) is 4.68 Å². The summed E-state index contributed by atoms with van der Waals surface area (Å²) >= 11 is 0. The van der Waals surface area contributed by atoms with Crippen LogP contribution < -0.4 is 4.74 Å². The van der Waals surface area contributed by atoms with Gasteiger partial charge >= 0.3 is 0 Å². The maximum atomic E-state index is 13.5. The van der Waals surface area contributed by atoms with Crippen molar-refractivity contribution in [2.24, 2.45) is 0 Å². The van der Waals surface area contributed by atoms with Gasteiger partial charge in [-0.25, -0.2) is 4.39 Å². The standard InChI is InChI=1S/C16H21FN2O2/c1-4-9-19-15(14(21-3)11-18-19)16(20,5-2)12-7-6-8-13(17)10-12/h6-8,10-11,20H,4-5,9H2,1-3H3. The lowest BCUT2D eigenvalue weighted by molar-refractivity contribution is 0.0632. The van der Waals surface area contributed by atoms with Crippen molar-refractivity contribution in [3.8, 4) is 5.75 Å². The summed E-state index contributed by atoms with van der Waals surface area (Å²) < 4.78 is 20.6. The molecule has 0 amide bonds. The van der Waals surface area contributed by atoms with Gasteiger partial charge in [-0.1, -0.05) is 26.0 Å². The number of aliphatic hydroxyl groups is 1. The lowest BCUT2D eigenvalue weighted by atomic mass is 9.87. The smallest absolute Gasteiger partial charge is 0.163 e. The molecule has 1 atom stereocenters. The van der Waals surface area contributed by atoms with Crippen molar-refractivity contribution >= 4 is 0 Å². The number of hydrogen-bond acceptors (Lipinski definition) is 3. The zero-order valence-corrected chi connectivity index (χ0v) is 12.6. The fraction of sp³-hybridized carbons (Fsp3) is 0.438. The van der Waals surface area contributed by atoms with Gasteiger partial charge in [0.05, 0.1) is 13.3 Å². The van der Waals surface area contributed by atoms with Crippen molar-refractivity contribution in [3.63, 3.8) is 0 Å². The molecule has 21 heavy (non-hydrogen) atoms. The molecule has 0 spiro atoms. The number of nitrogens with zero attached hydrogens (tertiary/aromatic N) is 2. The van der Waals surface area contributed by atoms with Crippen LogP contribution in [0, 0.1) is 5.82 Å². The molecule has 0 bridgehead atoms. The number of ether oxygens (including phenoxy) is 1. The Balaban J connectivity index is 2.61. The van der Waals surface area contributed by atoms with Crippen molar-refractivity contribution in [3.05, 3.63) is 47.5 Å². The van der Waals surface area contributed by atoms with Gasteiger partial charge in [-0.15, -0.1) is 0 Å². The van der Waals surface area contributed by atoms with Crippen molar-refractivity contribution in [1.29, 1.82) is 0 Å². The van der Waals surface area contributed by atoms with E-state index in [9.17, 15) is 9.50 Å². The van der Waals surface area contributed by atoms with Gasteiger partial charge in [-0.2, -0.15) is 5.10 Å². The zero-order valence-electron chi connectivity index (χ0n) is 12.6. The van der Waals surface area contributed by atoms with Crippen LogP contribution in [0.5, 0.6) is 5.75 Å².